The third-order valence-electron chi connectivity index (χ3n) is 2.62. The van der Waals surface area contributed by atoms with Crippen molar-refractivity contribution in [1.29, 1.82) is 5.26 Å². The minimum atomic E-state index is -0.523. The molecule has 1 unspecified atom stereocenters. The van der Waals surface area contributed by atoms with Gasteiger partial charge in [0.15, 0.2) is 0 Å². The third kappa shape index (κ3) is 2.08. The van der Waals surface area contributed by atoms with E-state index in [4.69, 9.17) is 5.26 Å². The molecule has 6 heteroatoms. The Bertz CT molecular complexity index is 562. The topological polar surface area (TPSA) is 84.8 Å². The average Bonchev–Trinajstić information content (AvgIpc) is 2.75. The molecule has 6 nitrogen and oxygen atoms in total. The highest BCUT2D eigenvalue weighted by molar-refractivity contribution is 5.41. The number of nitriles is 1. The number of nitrogens with zero attached hydrogens (tertiary/aromatic N) is 4. The van der Waals surface area contributed by atoms with E-state index < -0.39 is 4.92 Å². The Morgan fingerprint density at radius 1 is 1.71 bits per heavy atom. The lowest BCUT2D eigenvalue weighted by molar-refractivity contribution is -0.420. The van der Waals surface area contributed by atoms with Gasteiger partial charge in [-0.3, -0.25) is 10.1 Å². The number of aryl methyl sites for hydroxylation is 1. The van der Waals surface area contributed by atoms with Crippen LogP contribution in [0.5, 0.6) is 0 Å². The number of hydrogen-bond donors (Lipinski definition) is 0. The molecule has 1 aromatic rings. The number of aromatic nitrogens is 2. The number of allylic oxidation sites excluding steroid dienone is 3. The van der Waals surface area contributed by atoms with E-state index in [0.717, 1.165) is 5.69 Å². The molecule has 0 saturated heterocycles. The van der Waals surface area contributed by atoms with Crippen LogP contribution in [0.1, 0.15) is 18.2 Å². The van der Waals surface area contributed by atoms with Crippen LogP contribution in [0.4, 0.5) is 0 Å². The van der Waals surface area contributed by atoms with E-state index in [-0.39, 0.29) is 17.3 Å². The number of imidazole rings is 1. The Morgan fingerprint density at radius 3 is 3.00 bits per heavy atom. The fraction of sp³-hybridized carbons (Fsp3) is 0.273. The predicted octanol–water partition coefficient (Wildman–Crippen LogP) is 1.75. The van der Waals surface area contributed by atoms with E-state index in [2.05, 4.69) is 4.98 Å². The van der Waals surface area contributed by atoms with Crippen molar-refractivity contribution < 1.29 is 4.92 Å². The van der Waals surface area contributed by atoms with Crippen molar-refractivity contribution in [3.05, 3.63) is 51.8 Å². The van der Waals surface area contributed by atoms with Crippen LogP contribution in [-0.2, 0) is 0 Å². The summed E-state index contributed by atoms with van der Waals surface area (Å²) in [7, 11) is 0. The molecule has 1 aliphatic carbocycles. The van der Waals surface area contributed by atoms with Crippen LogP contribution in [-0.4, -0.2) is 14.5 Å². The van der Waals surface area contributed by atoms with Crippen molar-refractivity contribution in [2.24, 2.45) is 0 Å². The summed E-state index contributed by atoms with van der Waals surface area (Å²) in [6.45, 7) is 1.87. The highest BCUT2D eigenvalue weighted by Gasteiger charge is 2.24. The van der Waals surface area contributed by atoms with Gasteiger partial charge in [-0.05, 0) is 25.5 Å². The molecule has 0 amide bonds. The molecule has 1 atom stereocenters. The maximum absolute atomic E-state index is 10.7. The van der Waals surface area contributed by atoms with Crippen molar-refractivity contribution in [1.82, 2.24) is 9.55 Å². The number of rotatable bonds is 2. The zero-order valence-corrected chi connectivity index (χ0v) is 9.20. The van der Waals surface area contributed by atoms with Crippen molar-refractivity contribution in [3.8, 4) is 6.07 Å². The lowest BCUT2D eigenvalue weighted by atomic mass is 10.0. The predicted molar refractivity (Wildman–Crippen MR) is 59.4 cm³/mol. The van der Waals surface area contributed by atoms with Gasteiger partial charge in [0.1, 0.15) is 11.6 Å². The standard InChI is InChI=1S/C11H10N4O2/c1-8-6-14(7-13-8)10-2-3-11(15(16)17)9(4-10)5-12/h3-4,6-7,10H,2H2,1H3. The van der Waals surface area contributed by atoms with Gasteiger partial charge in [0.05, 0.1) is 23.0 Å². The van der Waals surface area contributed by atoms with Gasteiger partial charge in [-0.15, -0.1) is 0 Å². The Labute approximate surface area is 97.7 Å². The molecule has 1 heterocycles. The summed E-state index contributed by atoms with van der Waals surface area (Å²) in [5.41, 5.74) is 0.874. The smallest absolute Gasteiger partial charge is 0.282 e. The van der Waals surface area contributed by atoms with Crippen molar-refractivity contribution in [3.63, 3.8) is 0 Å². The molecule has 0 spiro atoms. The van der Waals surface area contributed by atoms with Gasteiger partial charge in [0.25, 0.3) is 5.70 Å². The molecule has 0 radical (unpaired) electrons. The summed E-state index contributed by atoms with van der Waals surface area (Å²) in [6.07, 6.45) is 7.10. The van der Waals surface area contributed by atoms with Crippen LogP contribution >= 0.6 is 0 Å². The first kappa shape index (κ1) is 11.1. The minimum absolute atomic E-state index is 0.0745. The highest BCUT2D eigenvalue weighted by atomic mass is 16.6. The SMILES string of the molecule is Cc1cn(C2C=C(C#N)C([N+](=O)[O-])=CC2)cn1. The van der Waals surface area contributed by atoms with Gasteiger partial charge in [0, 0.05) is 6.20 Å². The highest BCUT2D eigenvalue weighted by Crippen LogP contribution is 2.26. The van der Waals surface area contributed by atoms with Gasteiger partial charge in [-0.1, -0.05) is 0 Å². The van der Waals surface area contributed by atoms with Crippen molar-refractivity contribution in [2.75, 3.05) is 0 Å². The average molecular weight is 230 g/mol. The van der Waals surface area contributed by atoms with Crippen molar-refractivity contribution >= 4 is 0 Å². The molecule has 0 saturated carbocycles. The molecule has 0 N–H and O–H groups in total. The molecule has 0 bridgehead atoms. The largest absolute Gasteiger partial charge is 0.330 e. The van der Waals surface area contributed by atoms with E-state index in [0.29, 0.717) is 6.42 Å². The van der Waals surface area contributed by atoms with E-state index in [9.17, 15) is 10.1 Å². The molecule has 0 fully saturated rings. The molecule has 1 aromatic heterocycles. The third-order valence-corrected chi connectivity index (χ3v) is 2.62. The summed E-state index contributed by atoms with van der Waals surface area (Å²) < 4.78 is 1.85. The van der Waals surface area contributed by atoms with Gasteiger partial charge >= 0.3 is 0 Å². The minimum Gasteiger partial charge on any atom is -0.330 e. The van der Waals surface area contributed by atoms with Crippen LogP contribution in [0.15, 0.2) is 35.9 Å². The van der Waals surface area contributed by atoms with E-state index in [1.165, 1.54) is 6.08 Å². The van der Waals surface area contributed by atoms with Crippen LogP contribution in [0.25, 0.3) is 0 Å². The maximum atomic E-state index is 10.7. The molecule has 0 aromatic carbocycles. The van der Waals surface area contributed by atoms with E-state index >= 15 is 0 Å². The fourth-order valence-corrected chi connectivity index (χ4v) is 1.78. The second-order valence-corrected chi connectivity index (χ2v) is 3.80. The van der Waals surface area contributed by atoms with Crippen LogP contribution in [0.3, 0.4) is 0 Å². The summed E-state index contributed by atoms with van der Waals surface area (Å²) in [5.74, 6) is 0. The Morgan fingerprint density at radius 2 is 2.47 bits per heavy atom. The zero-order chi connectivity index (χ0) is 12.4. The lowest BCUT2D eigenvalue weighted by Gasteiger charge is -2.15. The van der Waals surface area contributed by atoms with Crippen LogP contribution in [0.2, 0.25) is 0 Å². The molecular formula is C11H10N4O2. The summed E-state index contributed by atoms with van der Waals surface area (Å²) in [4.78, 5) is 14.3. The first-order valence-corrected chi connectivity index (χ1v) is 5.08. The molecule has 17 heavy (non-hydrogen) atoms. The number of nitro groups is 1. The lowest BCUT2D eigenvalue weighted by Crippen LogP contribution is -2.12. The zero-order valence-electron chi connectivity index (χ0n) is 9.20. The summed E-state index contributed by atoms with van der Waals surface area (Å²) >= 11 is 0. The quantitative estimate of drug-likeness (QED) is 0.572. The molecule has 0 aliphatic heterocycles. The molecule has 2 rings (SSSR count). The van der Waals surface area contributed by atoms with Gasteiger partial charge in [0.2, 0.25) is 0 Å². The number of hydrogen-bond acceptors (Lipinski definition) is 4. The summed E-state index contributed by atoms with van der Waals surface area (Å²) in [5, 5.41) is 19.6. The van der Waals surface area contributed by atoms with Gasteiger partial charge in [-0.25, -0.2) is 4.98 Å². The van der Waals surface area contributed by atoms with Gasteiger partial charge < -0.3 is 4.57 Å². The Balaban J connectivity index is 2.31. The van der Waals surface area contributed by atoms with Crippen LogP contribution in [0, 0.1) is 28.4 Å². The second kappa shape index (κ2) is 4.22. The van der Waals surface area contributed by atoms with Gasteiger partial charge in [-0.2, -0.15) is 5.26 Å². The van der Waals surface area contributed by atoms with Crippen LogP contribution < -0.4 is 0 Å². The van der Waals surface area contributed by atoms with E-state index in [1.54, 1.807) is 12.4 Å². The monoisotopic (exact) mass is 230 g/mol. The van der Waals surface area contributed by atoms with Crippen molar-refractivity contribution in [2.45, 2.75) is 19.4 Å². The normalized spacial score (nSPS) is 19.2. The molecule has 1 aliphatic rings. The first-order chi connectivity index (χ1) is 8.11. The molecular weight excluding hydrogens is 220 g/mol. The first-order valence-electron chi connectivity index (χ1n) is 5.08. The summed E-state index contributed by atoms with van der Waals surface area (Å²) in [6, 6.07) is 1.78. The second-order valence-electron chi connectivity index (χ2n) is 3.80. The van der Waals surface area contributed by atoms with E-state index in [1.807, 2.05) is 23.8 Å². The molecule has 86 valence electrons. The Kier molecular flexibility index (Phi) is 2.75. The Hall–Kier alpha value is -2.42. The fourth-order valence-electron chi connectivity index (χ4n) is 1.78. The maximum Gasteiger partial charge on any atom is 0.282 e.